The highest BCUT2D eigenvalue weighted by molar-refractivity contribution is 5.94. The smallest absolute Gasteiger partial charge is 0.256 e. The predicted octanol–water partition coefficient (Wildman–Crippen LogP) is 3.28. The molecule has 1 heterocycles. The molecule has 1 aliphatic rings. The lowest BCUT2D eigenvalue weighted by Crippen LogP contribution is -2.46. The molecule has 2 amide bonds. The molecule has 0 spiro atoms. The molecule has 3 rings (SSSR count). The quantitative estimate of drug-likeness (QED) is 0.740. The Labute approximate surface area is 175 Å². The Morgan fingerprint density at radius 3 is 2.43 bits per heavy atom. The highest BCUT2D eigenvalue weighted by atomic mass is 19.1. The molecule has 0 unspecified atom stereocenters. The molecule has 0 radical (unpaired) electrons. The average Bonchev–Trinajstić information content (AvgIpc) is 2.78. The molecule has 0 atom stereocenters. The molecule has 1 fully saturated rings. The molecular weight excluding hydrogens is 387 g/mol. The minimum atomic E-state index is -0.516. The van der Waals surface area contributed by atoms with Gasteiger partial charge in [0.25, 0.3) is 5.91 Å². The van der Waals surface area contributed by atoms with Gasteiger partial charge < -0.3 is 19.7 Å². The minimum Gasteiger partial charge on any atom is -0.493 e. The van der Waals surface area contributed by atoms with Crippen LogP contribution >= 0.6 is 0 Å². The first kappa shape index (κ1) is 21.4. The predicted molar refractivity (Wildman–Crippen MR) is 112 cm³/mol. The summed E-state index contributed by atoms with van der Waals surface area (Å²) in [6, 6.07) is 11.3. The summed E-state index contributed by atoms with van der Waals surface area (Å²) >= 11 is 0. The number of hydrogen-bond donors (Lipinski definition) is 1. The number of rotatable bonds is 6. The number of methoxy groups -OCH3 is 2. The molecule has 1 N–H and O–H groups in total. The lowest BCUT2D eigenvalue weighted by molar-refractivity contribution is -0.117. The molecule has 0 aromatic heterocycles. The summed E-state index contributed by atoms with van der Waals surface area (Å²) in [6.45, 7) is 0.939. The van der Waals surface area contributed by atoms with Crippen molar-refractivity contribution in [2.75, 3.05) is 27.3 Å². The van der Waals surface area contributed by atoms with Crippen LogP contribution in [0.25, 0.3) is 6.08 Å². The molecule has 30 heavy (non-hydrogen) atoms. The van der Waals surface area contributed by atoms with E-state index in [0.717, 1.165) is 5.56 Å². The third-order valence-corrected chi connectivity index (χ3v) is 5.07. The SMILES string of the molecule is COc1ccc(/C=C/C(=O)NC2CCN(C(=O)c3ccccc3F)CC2)cc1OC. The van der Waals surface area contributed by atoms with E-state index in [2.05, 4.69) is 5.32 Å². The maximum Gasteiger partial charge on any atom is 0.256 e. The Balaban J connectivity index is 1.51. The summed E-state index contributed by atoms with van der Waals surface area (Å²) < 4.78 is 24.3. The van der Waals surface area contributed by atoms with E-state index < -0.39 is 5.82 Å². The third-order valence-electron chi connectivity index (χ3n) is 5.07. The number of amides is 2. The molecule has 6 nitrogen and oxygen atoms in total. The summed E-state index contributed by atoms with van der Waals surface area (Å²) in [4.78, 5) is 26.4. The molecule has 158 valence electrons. The zero-order chi connectivity index (χ0) is 21.5. The van der Waals surface area contributed by atoms with Crippen LogP contribution < -0.4 is 14.8 Å². The molecule has 2 aromatic rings. The van der Waals surface area contributed by atoms with E-state index in [-0.39, 0.29) is 23.4 Å². The van der Waals surface area contributed by atoms with Crippen LogP contribution in [0.4, 0.5) is 4.39 Å². The Morgan fingerprint density at radius 1 is 1.07 bits per heavy atom. The van der Waals surface area contributed by atoms with Crippen LogP contribution in [-0.4, -0.2) is 50.1 Å². The normalized spacial score (nSPS) is 14.6. The number of nitrogens with one attached hydrogen (secondary N) is 1. The Bertz CT molecular complexity index is 937. The van der Waals surface area contributed by atoms with Crippen molar-refractivity contribution < 1.29 is 23.5 Å². The van der Waals surface area contributed by atoms with Gasteiger partial charge in [-0.3, -0.25) is 9.59 Å². The van der Waals surface area contributed by atoms with Crippen molar-refractivity contribution in [3.63, 3.8) is 0 Å². The first-order chi connectivity index (χ1) is 14.5. The summed E-state index contributed by atoms with van der Waals surface area (Å²) in [5, 5.41) is 2.96. The second-order valence-electron chi connectivity index (χ2n) is 7.00. The van der Waals surface area contributed by atoms with Crippen LogP contribution in [0.3, 0.4) is 0 Å². The third kappa shape index (κ3) is 5.17. The first-order valence-corrected chi connectivity index (χ1v) is 9.76. The van der Waals surface area contributed by atoms with Crippen LogP contribution in [0.15, 0.2) is 48.5 Å². The van der Waals surface area contributed by atoms with E-state index in [1.807, 2.05) is 6.07 Å². The summed E-state index contributed by atoms with van der Waals surface area (Å²) in [6.07, 6.45) is 4.42. The Hall–Kier alpha value is -3.35. The van der Waals surface area contributed by atoms with Crippen molar-refractivity contribution in [3.05, 3.63) is 65.5 Å². The van der Waals surface area contributed by atoms with Crippen molar-refractivity contribution in [2.45, 2.75) is 18.9 Å². The number of ether oxygens (including phenoxy) is 2. The lowest BCUT2D eigenvalue weighted by Gasteiger charge is -2.32. The maximum atomic E-state index is 13.8. The monoisotopic (exact) mass is 412 g/mol. The van der Waals surface area contributed by atoms with E-state index in [4.69, 9.17) is 9.47 Å². The average molecular weight is 412 g/mol. The van der Waals surface area contributed by atoms with Gasteiger partial charge in [0.2, 0.25) is 5.91 Å². The van der Waals surface area contributed by atoms with E-state index in [0.29, 0.717) is 37.4 Å². The van der Waals surface area contributed by atoms with Gasteiger partial charge in [-0.2, -0.15) is 0 Å². The second-order valence-corrected chi connectivity index (χ2v) is 7.00. The second kappa shape index (κ2) is 9.91. The fraction of sp³-hybridized carbons (Fsp3) is 0.304. The summed E-state index contributed by atoms with van der Waals surface area (Å²) in [5.74, 6) is 0.177. The molecule has 0 aliphatic carbocycles. The van der Waals surface area contributed by atoms with E-state index in [1.54, 1.807) is 49.5 Å². The van der Waals surface area contributed by atoms with Crippen molar-refractivity contribution in [1.29, 1.82) is 0 Å². The van der Waals surface area contributed by atoms with Crippen LogP contribution in [0, 0.1) is 5.82 Å². The fourth-order valence-electron chi connectivity index (χ4n) is 3.41. The molecule has 1 saturated heterocycles. The van der Waals surface area contributed by atoms with Gasteiger partial charge in [-0.15, -0.1) is 0 Å². The summed E-state index contributed by atoms with van der Waals surface area (Å²) in [7, 11) is 3.12. The number of carbonyl (C=O) groups excluding carboxylic acids is 2. The summed E-state index contributed by atoms with van der Waals surface area (Å²) in [5.41, 5.74) is 0.894. The van der Waals surface area contributed by atoms with E-state index in [1.165, 1.54) is 18.2 Å². The van der Waals surface area contributed by atoms with Gasteiger partial charge in [0.1, 0.15) is 5.82 Å². The van der Waals surface area contributed by atoms with Crippen molar-refractivity contribution in [1.82, 2.24) is 10.2 Å². The Kier molecular flexibility index (Phi) is 7.06. The zero-order valence-electron chi connectivity index (χ0n) is 17.1. The van der Waals surface area contributed by atoms with Gasteiger partial charge in [0.15, 0.2) is 11.5 Å². The number of nitrogens with zero attached hydrogens (tertiary/aromatic N) is 1. The van der Waals surface area contributed by atoms with Crippen LogP contribution in [-0.2, 0) is 4.79 Å². The van der Waals surface area contributed by atoms with Crippen LogP contribution in [0.1, 0.15) is 28.8 Å². The van der Waals surface area contributed by atoms with Gasteiger partial charge in [0.05, 0.1) is 19.8 Å². The van der Waals surface area contributed by atoms with Gasteiger partial charge in [0, 0.05) is 25.2 Å². The number of hydrogen-bond acceptors (Lipinski definition) is 4. The number of likely N-dealkylation sites (tertiary alicyclic amines) is 1. The van der Waals surface area contributed by atoms with Crippen molar-refractivity contribution >= 4 is 17.9 Å². The first-order valence-electron chi connectivity index (χ1n) is 9.76. The van der Waals surface area contributed by atoms with Gasteiger partial charge in [-0.05, 0) is 48.7 Å². The van der Waals surface area contributed by atoms with Gasteiger partial charge in [-0.1, -0.05) is 18.2 Å². The highest BCUT2D eigenvalue weighted by Gasteiger charge is 2.25. The van der Waals surface area contributed by atoms with Crippen LogP contribution in [0.2, 0.25) is 0 Å². The maximum absolute atomic E-state index is 13.8. The molecule has 1 aliphatic heterocycles. The number of benzene rings is 2. The van der Waals surface area contributed by atoms with Crippen LogP contribution in [0.5, 0.6) is 11.5 Å². The van der Waals surface area contributed by atoms with E-state index >= 15 is 0 Å². The largest absolute Gasteiger partial charge is 0.493 e. The van der Waals surface area contributed by atoms with Crippen molar-refractivity contribution in [2.24, 2.45) is 0 Å². The number of piperidine rings is 1. The standard InChI is InChI=1S/C23H25FN2O4/c1-29-20-9-7-16(15-21(20)30-2)8-10-22(27)25-17-11-13-26(14-12-17)23(28)18-5-3-4-6-19(18)24/h3-10,15,17H,11-14H2,1-2H3,(H,25,27)/b10-8+. The topological polar surface area (TPSA) is 67.9 Å². The lowest BCUT2D eigenvalue weighted by atomic mass is 10.0. The fourth-order valence-corrected chi connectivity index (χ4v) is 3.41. The highest BCUT2D eigenvalue weighted by Crippen LogP contribution is 2.28. The van der Waals surface area contributed by atoms with Gasteiger partial charge >= 0.3 is 0 Å². The molecular formula is C23H25FN2O4. The Morgan fingerprint density at radius 2 is 1.77 bits per heavy atom. The van der Waals surface area contributed by atoms with E-state index in [9.17, 15) is 14.0 Å². The molecule has 2 aromatic carbocycles. The molecule has 0 saturated carbocycles. The molecule has 0 bridgehead atoms. The number of carbonyl (C=O) groups is 2. The van der Waals surface area contributed by atoms with Gasteiger partial charge in [-0.25, -0.2) is 4.39 Å². The zero-order valence-corrected chi connectivity index (χ0v) is 17.1. The van der Waals surface area contributed by atoms with Crippen molar-refractivity contribution in [3.8, 4) is 11.5 Å². The molecule has 7 heteroatoms. The number of halogens is 1. The minimum absolute atomic E-state index is 0.0303.